The van der Waals surface area contributed by atoms with Crippen LogP contribution in [0.15, 0.2) is 57.6 Å². The first-order valence-corrected chi connectivity index (χ1v) is 10.5. The van der Waals surface area contributed by atoms with E-state index >= 15 is 0 Å². The molecule has 3 aromatic rings. The molecule has 0 radical (unpaired) electrons. The lowest BCUT2D eigenvalue weighted by Gasteiger charge is -2.19. The number of thiazole rings is 1. The molecule has 9 heteroatoms. The van der Waals surface area contributed by atoms with Crippen LogP contribution in [0.5, 0.6) is 0 Å². The highest BCUT2D eigenvalue weighted by molar-refractivity contribution is 7.09. The van der Waals surface area contributed by atoms with Gasteiger partial charge >= 0.3 is 5.97 Å². The van der Waals surface area contributed by atoms with Gasteiger partial charge in [0.1, 0.15) is 11.8 Å². The van der Waals surface area contributed by atoms with Crippen molar-refractivity contribution >= 4 is 40.5 Å². The molecule has 1 unspecified atom stereocenters. The molecule has 4 rings (SSSR count). The lowest BCUT2D eigenvalue weighted by molar-refractivity contribution is -0.152. The highest BCUT2D eigenvalue weighted by Crippen LogP contribution is 2.33. The van der Waals surface area contributed by atoms with Crippen molar-refractivity contribution in [3.05, 3.63) is 75.1 Å². The number of rotatable bonds is 6. The standard InChI is InChI=1S/C21H18ClN3O4S/c1-13-23-16(12-30-13)9-21(27)29-11-20(26)25-18(19-3-2-8-28-19)10-17(24-25)14-4-6-15(22)7-5-14/h2-8,12,18H,9-11H2,1H3. The molecule has 1 amide bonds. The van der Waals surface area contributed by atoms with E-state index in [4.69, 9.17) is 20.8 Å². The lowest BCUT2D eigenvalue weighted by atomic mass is 10.0. The van der Waals surface area contributed by atoms with Gasteiger partial charge in [0, 0.05) is 16.8 Å². The quantitative estimate of drug-likeness (QED) is 0.534. The van der Waals surface area contributed by atoms with Crippen LogP contribution < -0.4 is 0 Å². The van der Waals surface area contributed by atoms with Gasteiger partial charge in [-0.2, -0.15) is 5.10 Å². The maximum Gasteiger partial charge on any atom is 0.312 e. The molecule has 1 aliphatic heterocycles. The van der Waals surface area contributed by atoms with E-state index in [9.17, 15) is 9.59 Å². The molecule has 0 aliphatic carbocycles. The van der Waals surface area contributed by atoms with Crippen LogP contribution in [-0.2, 0) is 20.7 Å². The fourth-order valence-corrected chi connectivity index (χ4v) is 3.89. The lowest BCUT2D eigenvalue weighted by Crippen LogP contribution is -2.31. The number of aryl methyl sites for hydroxylation is 1. The first-order chi connectivity index (χ1) is 14.5. The van der Waals surface area contributed by atoms with Gasteiger partial charge in [-0.3, -0.25) is 9.59 Å². The fraction of sp³-hybridized carbons (Fsp3) is 0.238. The minimum absolute atomic E-state index is 0.0263. The topological polar surface area (TPSA) is 85.0 Å². The van der Waals surface area contributed by atoms with Gasteiger partial charge in [-0.25, -0.2) is 9.99 Å². The van der Waals surface area contributed by atoms with Gasteiger partial charge in [0.25, 0.3) is 5.91 Å². The molecule has 1 aromatic carbocycles. The van der Waals surface area contributed by atoms with Gasteiger partial charge in [0.05, 0.1) is 29.1 Å². The third-order valence-corrected chi connectivity index (χ3v) is 5.64. The minimum Gasteiger partial charge on any atom is -0.467 e. The van der Waals surface area contributed by atoms with Crippen LogP contribution in [0.25, 0.3) is 0 Å². The summed E-state index contributed by atoms with van der Waals surface area (Å²) in [7, 11) is 0. The third-order valence-electron chi connectivity index (χ3n) is 4.56. The van der Waals surface area contributed by atoms with Gasteiger partial charge in [-0.1, -0.05) is 23.7 Å². The van der Waals surface area contributed by atoms with Crippen LogP contribution in [0.4, 0.5) is 0 Å². The van der Waals surface area contributed by atoms with Crippen molar-refractivity contribution in [2.24, 2.45) is 5.10 Å². The number of nitrogens with zero attached hydrogens (tertiary/aromatic N) is 3. The summed E-state index contributed by atoms with van der Waals surface area (Å²) in [5.74, 6) is -0.326. The average molecular weight is 444 g/mol. The largest absolute Gasteiger partial charge is 0.467 e. The zero-order valence-corrected chi connectivity index (χ0v) is 17.7. The molecule has 30 heavy (non-hydrogen) atoms. The SMILES string of the molecule is Cc1nc(CC(=O)OCC(=O)N2N=C(c3ccc(Cl)cc3)CC2c2ccco2)cs1. The Hall–Kier alpha value is -2.97. The van der Waals surface area contributed by atoms with E-state index in [-0.39, 0.29) is 6.42 Å². The van der Waals surface area contributed by atoms with E-state index in [0.29, 0.717) is 22.9 Å². The Morgan fingerprint density at radius 1 is 1.30 bits per heavy atom. The Balaban J connectivity index is 1.46. The Morgan fingerprint density at radius 3 is 2.77 bits per heavy atom. The number of aromatic nitrogens is 1. The van der Waals surface area contributed by atoms with Crippen LogP contribution in [-0.4, -0.2) is 34.2 Å². The van der Waals surface area contributed by atoms with Crippen LogP contribution in [0.2, 0.25) is 5.02 Å². The van der Waals surface area contributed by atoms with Crippen molar-refractivity contribution in [3.63, 3.8) is 0 Å². The Bertz CT molecular complexity index is 1080. The van der Waals surface area contributed by atoms with E-state index in [2.05, 4.69) is 10.1 Å². The molecule has 0 fully saturated rings. The van der Waals surface area contributed by atoms with Gasteiger partial charge in [-0.15, -0.1) is 11.3 Å². The number of ether oxygens (including phenoxy) is 1. The van der Waals surface area contributed by atoms with Crippen molar-refractivity contribution < 1.29 is 18.7 Å². The second-order valence-electron chi connectivity index (χ2n) is 6.72. The number of hydrazone groups is 1. The number of hydrogen-bond donors (Lipinski definition) is 0. The van der Waals surface area contributed by atoms with Crippen LogP contribution in [0.1, 0.15) is 34.5 Å². The van der Waals surface area contributed by atoms with Crippen molar-refractivity contribution in [2.45, 2.75) is 25.8 Å². The number of hydrogen-bond acceptors (Lipinski definition) is 7. The second kappa shape index (κ2) is 8.81. The summed E-state index contributed by atoms with van der Waals surface area (Å²) < 4.78 is 10.7. The smallest absolute Gasteiger partial charge is 0.312 e. The van der Waals surface area contributed by atoms with Crippen LogP contribution >= 0.6 is 22.9 Å². The average Bonchev–Trinajstić information content (AvgIpc) is 3.47. The third kappa shape index (κ3) is 4.60. The zero-order valence-electron chi connectivity index (χ0n) is 16.1. The Kier molecular flexibility index (Phi) is 5.96. The van der Waals surface area contributed by atoms with E-state index < -0.39 is 24.5 Å². The number of amides is 1. The van der Waals surface area contributed by atoms with Crippen LogP contribution in [0, 0.1) is 6.92 Å². The maximum absolute atomic E-state index is 12.8. The highest BCUT2D eigenvalue weighted by atomic mass is 35.5. The molecule has 1 atom stereocenters. The number of carbonyl (C=O) groups excluding carboxylic acids is 2. The number of furan rings is 1. The van der Waals surface area contributed by atoms with E-state index in [1.807, 2.05) is 19.1 Å². The Labute approximate surface area is 181 Å². The van der Waals surface area contributed by atoms with E-state index in [1.165, 1.54) is 16.3 Å². The summed E-state index contributed by atoms with van der Waals surface area (Å²) in [6.45, 7) is 1.46. The molecule has 0 N–H and O–H groups in total. The predicted molar refractivity (Wildman–Crippen MR) is 112 cm³/mol. The molecule has 2 aromatic heterocycles. The van der Waals surface area contributed by atoms with Gasteiger partial charge in [-0.05, 0) is 36.8 Å². The monoisotopic (exact) mass is 443 g/mol. The van der Waals surface area contributed by atoms with Gasteiger partial charge < -0.3 is 9.15 Å². The normalized spacial score (nSPS) is 15.9. The van der Waals surface area contributed by atoms with Crippen molar-refractivity contribution in [2.75, 3.05) is 6.61 Å². The summed E-state index contributed by atoms with van der Waals surface area (Å²) in [5, 5.41) is 9.10. The molecular weight excluding hydrogens is 426 g/mol. The first kappa shape index (κ1) is 20.3. The highest BCUT2D eigenvalue weighted by Gasteiger charge is 2.35. The summed E-state index contributed by atoms with van der Waals surface area (Å²) in [6.07, 6.45) is 2.06. The Morgan fingerprint density at radius 2 is 2.10 bits per heavy atom. The molecule has 0 saturated carbocycles. The summed E-state index contributed by atoms with van der Waals surface area (Å²) >= 11 is 7.42. The van der Waals surface area contributed by atoms with Crippen LogP contribution in [0.3, 0.4) is 0 Å². The summed E-state index contributed by atoms with van der Waals surface area (Å²) in [4.78, 5) is 29.1. The maximum atomic E-state index is 12.8. The van der Waals surface area contributed by atoms with E-state index in [0.717, 1.165) is 16.3 Å². The molecule has 0 spiro atoms. The number of benzene rings is 1. The van der Waals surface area contributed by atoms with Crippen molar-refractivity contribution in [1.29, 1.82) is 0 Å². The second-order valence-corrected chi connectivity index (χ2v) is 8.22. The van der Waals surface area contributed by atoms with Gasteiger partial charge in [0.15, 0.2) is 6.61 Å². The molecular formula is C21H18ClN3O4S. The van der Waals surface area contributed by atoms with Gasteiger partial charge in [0.2, 0.25) is 0 Å². The fourth-order valence-electron chi connectivity index (χ4n) is 3.16. The molecule has 3 heterocycles. The molecule has 0 saturated heterocycles. The summed E-state index contributed by atoms with van der Waals surface area (Å²) in [6, 6.07) is 10.4. The van der Waals surface area contributed by atoms with E-state index in [1.54, 1.807) is 35.9 Å². The minimum atomic E-state index is -0.510. The molecule has 1 aliphatic rings. The molecule has 0 bridgehead atoms. The summed E-state index contributed by atoms with van der Waals surface area (Å²) in [5.41, 5.74) is 2.22. The van der Waals surface area contributed by atoms with Crippen molar-refractivity contribution in [3.8, 4) is 0 Å². The zero-order chi connectivity index (χ0) is 21.1. The number of carbonyl (C=O) groups is 2. The number of esters is 1. The van der Waals surface area contributed by atoms with Crippen molar-refractivity contribution in [1.82, 2.24) is 9.99 Å². The molecule has 7 nitrogen and oxygen atoms in total. The predicted octanol–water partition coefficient (Wildman–Crippen LogP) is 4.16. The first-order valence-electron chi connectivity index (χ1n) is 9.25. The number of halogens is 1. The molecule has 154 valence electrons.